The number of hydrogen-bond donors (Lipinski definition) is 1. The molecule has 0 saturated heterocycles. The fourth-order valence-electron chi connectivity index (χ4n) is 3.54. The lowest BCUT2D eigenvalue weighted by Gasteiger charge is -2.37. The zero-order chi connectivity index (χ0) is 12.5. The molecule has 2 aliphatic rings. The van der Waals surface area contributed by atoms with E-state index < -0.39 is 0 Å². The van der Waals surface area contributed by atoms with E-state index in [1.807, 2.05) is 6.07 Å². The summed E-state index contributed by atoms with van der Waals surface area (Å²) in [6, 6.07) is 9.44. The molecule has 1 aliphatic carbocycles. The summed E-state index contributed by atoms with van der Waals surface area (Å²) in [5, 5.41) is 3.85. The Hall–Kier alpha value is -1.02. The van der Waals surface area contributed by atoms with Gasteiger partial charge in [-0.2, -0.15) is 0 Å². The van der Waals surface area contributed by atoms with Crippen LogP contribution in [-0.2, 0) is 0 Å². The largest absolute Gasteiger partial charge is 0.491 e. The third kappa shape index (κ3) is 2.14. The number of ether oxygens (including phenoxy) is 1. The lowest BCUT2D eigenvalue weighted by molar-refractivity contribution is 0.181. The molecule has 98 valence electrons. The van der Waals surface area contributed by atoms with Gasteiger partial charge in [0.1, 0.15) is 12.4 Å². The molecule has 2 nitrogen and oxygen atoms in total. The van der Waals surface area contributed by atoms with Gasteiger partial charge in [-0.3, -0.25) is 0 Å². The Morgan fingerprint density at radius 1 is 1.11 bits per heavy atom. The van der Waals surface area contributed by atoms with Crippen molar-refractivity contribution in [2.24, 2.45) is 11.8 Å². The van der Waals surface area contributed by atoms with Crippen molar-refractivity contribution >= 4 is 0 Å². The Bertz CT molecular complexity index is 407. The van der Waals surface area contributed by atoms with Gasteiger partial charge in [-0.25, -0.2) is 0 Å². The van der Waals surface area contributed by atoms with E-state index in [9.17, 15) is 0 Å². The summed E-state index contributed by atoms with van der Waals surface area (Å²) in [5.74, 6) is 2.62. The van der Waals surface area contributed by atoms with E-state index in [1.54, 1.807) is 0 Å². The van der Waals surface area contributed by atoms with Crippen molar-refractivity contribution < 1.29 is 4.74 Å². The SMILES string of the molecule is CC1CCCC(C)C1NC1COc2ccccc21. The summed E-state index contributed by atoms with van der Waals surface area (Å²) in [5.41, 5.74) is 1.34. The van der Waals surface area contributed by atoms with Crippen LogP contribution in [0.2, 0.25) is 0 Å². The van der Waals surface area contributed by atoms with Gasteiger partial charge >= 0.3 is 0 Å². The summed E-state index contributed by atoms with van der Waals surface area (Å²) in [6.45, 7) is 5.55. The second-order valence-corrected chi connectivity index (χ2v) is 5.98. The maximum atomic E-state index is 5.76. The molecule has 18 heavy (non-hydrogen) atoms. The molecule has 0 radical (unpaired) electrons. The minimum Gasteiger partial charge on any atom is -0.491 e. The number of rotatable bonds is 2. The van der Waals surface area contributed by atoms with E-state index in [1.165, 1.54) is 24.8 Å². The van der Waals surface area contributed by atoms with Crippen molar-refractivity contribution in [2.75, 3.05) is 6.61 Å². The quantitative estimate of drug-likeness (QED) is 0.860. The van der Waals surface area contributed by atoms with Gasteiger partial charge in [-0.05, 0) is 30.7 Å². The van der Waals surface area contributed by atoms with Crippen molar-refractivity contribution in [1.29, 1.82) is 0 Å². The van der Waals surface area contributed by atoms with Gasteiger partial charge in [0.05, 0.1) is 6.04 Å². The second kappa shape index (κ2) is 4.93. The van der Waals surface area contributed by atoms with Gasteiger partial charge in [-0.1, -0.05) is 38.5 Å². The van der Waals surface area contributed by atoms with Crippen LogP contribution in [0.4, 0.5) is 0 Å². The van der Waals surface area contributed by atoms with Crippen molar-refractivity contribution in [3.05, 3.63) is 29.8 Å². The van der Waals surface area contributed by atoms with Crippen LogP contribution < -0.4 is 10.1 Å². The predicted molar refractivity (Wildman–Crippen MR) is 73.8 cm³/mol. The molecule has 0 amide bonds. The molecule has 0 aromatic heterocycles. The van der Waals surface area contributed by atoms with Gasteiger partial charge in [0.15, 0.2) is 0 Å². The zero-order valence-electron chi connectivity index (χ0n) is 11.4. The molecule has 0 spiro atoms. The molecule has 1 fully saturated rings. The highest BCUT2D eigenvalue weighted by molar-refractivity contribution is 5.39. The molecule has 1 N–H and O–H groups in total. The van der Waals surface area contributed by atoms with Crippen LogP contribution in [0, 0.1) is 11.8 Å². The average Bonchev–Trinajstić information content (AvgIpc) is 2.77. The van der Waals surface area contributed by atoms with Crippen molar-refractivity contribution in [3.63, 3.8) is 0 Å². The van der Waals surface area contributed by atoms with Gasteiger partial charge < -0.3 is 10.1 Å². The van der Waals surface area contributed by atoms with E-state index in [-0.39, 0.29) is 0 Å². The monoisotopic (exact) mass is 245 g/mol. The molecule has 1 aromatic rings. The Kier molecular flexibility index (Phi) is 3.29. The van der Waals surface area contributed by atoms with Gasteiger partial charge in [0, 0.05) is 11.6 Å². The van der Waals surface area contributed by atoms with Crippen LogP contribution in [0.25, 0.3) is 0 Å². The maximum Gasteiger partial charge on any atom is 0.124 e. The number of hydrogen-bond acceptors (Lipinski definition) is 2. The highest BCUT2D eigenvalue weighted by Gasteiger charge is 2.32. The first-order chi connectivity index (χ1) is 8.75. The Morgan fingerprint density at radius 2 is 1.83 bits per heavy atom. The number of benzene rings is 1. The van der Waals surface area contributed by atoms with Crippen LogP contribution in [0.1, 0.15) is 44.7 Å². The first kappa shape index (κ1) is 12.0. The highest BCUT2D eigenvalue weighted by atomic mass is 16.5. The fourth-order valence-corrected chi connectivity index (χ4v) is 3.54. The average molecular weight is 245 g/mol. The van der Waals surface area contributed by atoms with Gasteiger partial charge in [-0.15, -0.1) is 0 Å². The maximum absolute atomic E-state index is 5.76. The van der Waals surface area contributed by atoms with Crippen LogP contribution in [0.5, 0.6) is 5.75 Å². The summed E-state index contributed by atoms with van der Waals surface area (Å²) < 4.78 is 5.76. The minimum atomic E-state index is 0.384. The van der Waals surface area contributed by atoms with Crippen LogP contribution in [0.15, 0.2) is 24.3 Å². The molecule has 3 atom stereocenters. The van der Waals surface area contributed by atoms with Gasteiger partial charge in [0.2, 0.25) is 0 Å². The summed E-state index contributed by atoms with van der Waals surface area (Å²) >= 11 is 0. The predicted octanol–water partition coefficient (Wildman–Crippen LogP) is 3.53. The molecule has 3 rings (SSSR count). The minimum absolute atomic E-state index is 0.384. The normalized spacial score (nSPS) is 35.0. The van der Waals surface area contributed by atoms with Crippen molar-refractivity contribution in [1.82, 2.24) is 5.32 Å². The number of para-hydroxylation sites is 1. The van der Waals surface area contributed by atoms with Crippen LogP contribution in [0.3, 0.4) is 0 Å². The van der Waals surface area contributed by atoms with Gasteiger partial charge in [0.25, 0.3) is 0 Å². The topological polar surface area (TPSA) is 21.3 Å². The molecule has 0 bridgehead atoms. The molecular weight excluding hydrogens is 222 g/mol. The summed E-state index contributed by atoms with van der Waals surface area (Å²) in [6.07, 6.45) is 4.10. The Labute approximate surface area is 110 Å². The van der Waals surface area contributed by atoms with E-state index in [2.05, 4.69) is 37.4 Å². The third-order valence-corrected chi connectivity index (χ3v) is 4.64. The molecule has 1 heterocycles. The van der Waals surface area contributed by atoms with Crippen molar-refractivity contribution in [2.45, 2.75) is 45.2 Å². The number of fused-ring (bicyclic) bond motifs is 1. The van der Waals surface area contributed by atoms with E-state index in [4.69, 9.17) is 4.74 Å². The smallest absolute Gasteiger partial charge is 0.124 e. The van der Waals surface area contributed by atoms with E-state index in [0.29, 0.717) is 12.1 Å². The molecule has 1 saturated carbocycles. The number of nitrogens with one attached hydrogen (secondary N) is 1. The highest BCUT2D eigenvalue weighted by Crippen LogP contribution is 2.35. The zero-order valence-corrected chi connectivity index (χ0v) is 11.4. The Morgan fingerprint density at radius 3 is 2.61 bits per heavy atom. The first-order valence-corrected chi connectivity index (χ1v) is 7.23. The van der Waals surface area contributed by atoms with Crippen LogP contribution >= 0.6 is 0 Å². The standard InChI is InChI=1S/C16H23NO/c1-11-6-5-7-12(2)16(11)17-14-10-18-15-9-4-3-8-13(14)15/h3-4,8-9,11-12,14,16-17H,5-7,10H2,1-2H3. The van der Waals surface area contributed by atoms with Crippen molar-refractivity contribution in [3.8, 4) is 5.75 Å². The molecular formula is C16H23NO. The molecule has 3 unspecified atom stereocenters. The molecule has 2 heteroatoms. The first-order valence-electron chi connectivity index (χ1n) is 7.23. The fraction of sp³-hybridized carbons (Fsp3) is 0.625. The van der Waals surface area contributed by atoms with E-state index >= 15 is 0 Å². The summed E-state index contributed by atoms with van der Waals surface area (Å²) in [4.78, 5) is 0. The summed E-state index contributed by atoms with van der Waals surface area (Å²) in [7, 11) is 0. The molecule has 1 aromatic carbocycles. The third-order valence-electron chi connectivity index (χ3n) is 4.64. The van der Waals surface area contributed by atoms with E-state index in [0.717, 1.165) is 24.2 Å². The lowest BCUT2D eigenvalue weighted by Crippen LogP contribution is -2.44. The molecule has 1 aliphatic heterocycles. The second-order valence-electron chi connectivity index (χ2n) is 5.98. The Balaban J connectivity index is 1.74. The van der Waals surface area contributed by atoms with Crippen LogP contribution in [-0.4, -0.2) is 12.6 Å². The lowest BCUT2D eigenvalue weighted by atomic mass is 9.78.